The summed E-state index contributed by atoms with van der Waals surface area (Å²) in [5.74, 6) is 1.44. The van der Waals surface area contributed by atoms with E-state index in [1.807, 2.05) is 16.7 Å². The van der Waals surface area contributed by atoms with E-state index in [9.17, 15) is 4.79 Å². The van der Waals surface area contributed by atoms with E-state index in [-0.39, 0.29) is 11.4 Å². The van der Waals surface area contributed by atoms with Crippen LogP contribution < -0.4 is 0 Å². The van der Waals surface area contributed by atoms with Crippen LogP contribution in [0.2, 0.25) is 0 Å². The van der Waals surface area contributed by atoms with Crippen molar-refractivity contribution in [2.75, 3.05) is 45.1 Å². The van der Waals surface area contributed by atoms with Crippen LogP contribution in [0.3, 0.4) is 0 Å². The third-order valence-corrected chi connectivity index (χ3v) is 5.26. The van der Waals surface area contributed by atoms with Crippen molar-refractivity contribution in [1.29, 1.82) is 0 Å². The third-order valence-electron chi connectivity index (χ3n) is 3.75. The molecule has 1 amide bonds. The fourth-order valence-electron chi connectivity index (χ4n) is 2.60. The fourth-order valence-corrected chi connectivity index (χ4v) is 3.88. The average Bonchev–Trinajstić information content (AvgIpc) is 2.78. The van der Waals surface area contributed by atoms with Crippen LogP contribution in [0, 0.1) is 0 Å². The highest BCUT2D eigenvalue weighted by Crippen LogP contribution is 2.39. The lowest BCUT2D eigenvalue weighted by atomic mass is 10.0. The standard InChI is InChI=1S/C12H22N2O2S/c1-12(3-2-10-17-12)11(16)14-6-4-13(5-7-14)8-9-15/h15H,2-10H2,1H3. The Morgan fingerprint density at radius 1 is 1.35 bits per heavy atom. The molecule has 1 unspecified atom stereocenters. The largest absolute Gasteiger partial charge is 0.395 e. The van der Waals surface area contributed by atoms with Crippen molar-refractivity contribution in [3.63, 3.8) is 0 Å². The molecule has 2 saturated heterocycles. The van der Waals surface area contributed by atoms with Crippen LogP contribution in [0.25, 0.3) is 0 Å². The van der Waals surface area contributed by atoms with Gasteiger partial charge in [-0.25, -0.2) is 0 Å². The van der Waals surface area contributed by atoms with E-state index in [1.165, 1.54) is 0 Å². The molecule has 0 saturated carbocycles. The van der Waals surface area contributed by atoms with E-state index in [0.717, 1.165) is 51.3 Å². The number of amides is 1. The molecule has 0 aromatic rings. The van der Waals surface area contributed by atoms with Crippen molar-refractivity contribution in [2.24, 2.45) is 0 Å². The van der Waals surface area contributed by atoms with Gasteiger partial charge in [0.15, 0.2) is 0 Å². The average molecular weight is 258 g/mol. The predicted molar refractivity (Wildman–Crippen MR) is 70.2 cm³/mol. The number of hydrogen-bond acceptors (Lipinski definition) is 4. The molecular weight excluding hydrogens is 236 g/mol. The molecule has 0 spiro atoms. The summed E-state index contributed by atoms with van der Waals surface area (Å²) in [4.78, 5) is 16.6. The molecule has 5 heteroatoms. The molecule has 0 aromatic carbocycles. The molecular formula is C12H22N2O2S. The van der Waals surface area contributed by atoms with Crippen LogP contribution in [0.1, 0.15) is 19.8 Å². The van der Waals surface area contributed by atoms with E-state index in [0.29, 0.717) is 5.91 Å². The maximum Gasteiger partial charge on any atom is 0.238 e. The van der Waals surface area contributed by atoms with Gasteiger partial charge in [0.1, 0.15) is 0 Å². The first kappa shape index (κ1) is 13.2. The highest BCUT2D eigenvalue weighted by atomic mass is 32.2. The number of rotatable bonds is 3. The summed E-state index contributed by atoms with van der Waals surface area (Å²) >= 11 is 1.81. The number of aliphatic hydroxyl groups excluding tert-OH is 1. The minimum absolute atomic E-state index is 0.168. The Bertz CT molecular complexity index is 272. The zero-order valence-corrected chi connectivity index (χ0v) is 11.3. The number of aliphatic hydroxyl groups is 1. The zero-order chi connectivity index (χ0) is 12.3. The maximum absolute atomic E-state index is 12.4. The summed E-state index contributed by atoms with van der Waals surface area (Å²) in [5.41, 5.74) is 0. The van der Waals surface area contributed by atoms with Crippen molar-refractivity contribution < 1.29 is 9.90 Å². The van der Waals surface area contributed by atoms with Gasteiger partial charge in [-0.1, -0.05) is 0 Å². The topological polar surface area (TPSA) is 43.8 Å². The summed E-state index contributed by atoms with van der Waals surface area (Å²) in [7, 11) is 0. The Labute approximate surface area is 107 Å². The van der Waals surface area contributed by atoms with Crippen molar-refractivity contribution in [3.8, 4) is 0 Å². The molecule has 17 heavy (non-hydrogen) atoms. The maximum atomic E-state index is 12.4. The van der Waals surface area contributed by atoms with Gasteiger partial charge in [0.05, 0.1) is 11.4 Å². The summed E-state index contributed by atoms with van der Waals surface area (Å²) in [6, 6.07) is 0. The molecule has 0 aromatic heterocycles. The fraction of sp³-hybridized carbons (Fsp3) is 0.917. The lowest BCUT2D eigenvalue weighted by Gasteiger charge is -2.38. The zero-order valence-electron chi connectivity index (χ0n) is 10.5. The second-order valence-corrected chi connectivity index (χ2v) is 6.64. The summed E-state index contributed by atoms with van der Waals surface area (Å²) in [5, 5.41) is 8.88. The Morgan fingerprint density at radius 3 is 2.59 bits per heavy atom. The molecule has 1 N–H and O–H groups in total. The normalized spacial score (nSPS) is 30.8. The van der Waals surface area contributed by atoms with Gasteiger partial charge in [0, 0.05) is 32.7 Å². The molecule has 2 fully saturated rings. The number of nitrogens with zero attached hydrogens (tertiary/aromatic N) is 2. The van der Waals surface area contributed by atoms with Gasteiger partial charge in [-0.15, -0.1) is 11.8 Å². The first-order valence-electron chi connectivity index (χ1n) is 6.42. The van der Waals surface area contributed by atoms with E-state index < -0.39 is 0 Å². The molecule has 1 atom stereocenters. The van der Waals surface area contributed by atoms with E-state index in [1.54, 1.807) is 0 Å². The monoisotopic (exact) mass is 258 g/mol. The molecule has 98 valence electrons. The smallest absolute Gasteiger partial charge is 0.238 e. The molecule has 2 heterocycles. The highest BCUT2D eigenvalue weighted by Gasteiger charge is 2.40. The van der Waals surface area contributed by atoms with Crippen molar-refractivity contribution in [2.45, 2.75) is 24.5 Å². The SMILES string of the molecule is CC1(C(=O)N2CCN(CCO)CC2)CCCS1. The van der Waals surface area contributed by atoms with Gasteiger partial charge in [-0.2, -0.15) is 0 Å². The van der Waals surface area contributed by atoms with Crippen molar-refractivity contribution in [3.05, 3.63) is 0 Å². The molecule has 0 bridgehead atoms. The number of β-amino-alcohol motifs (C(OH)–C–C–N with tert-alkyl or cyclic N) is 1. The van der Waals surface area contributed by atoms with Crippen molar-refractivity contribution >= 4 is 17.7 Å². The van der Waals surface area contributed by atoms with E-state index >= 15 is 0 Å². The Balaban J connectivity index is 1.86. The number of carbonyl (C=O) groups excluding carboxylic acids is 1. The second kappa shape index (κ2) is 5.59. The number of thioether (sulfide) groups is 1. The van der Waals surface area contributed by atoms with Gasteiger partial charge in [0.2, 0.25) is 5.91 Å². The van der Waals surface area contributed by atoms with E-state index in [2.05, 4.69) is 11.8 Å². The first-order valence-corrected chi connectivity index (χ1v) is 7.41. The van der Waals surface area contributed by atoms with Crippen molar-refractivity contribution in [1.82, 2.24) is 9.80 Å². The first-order chi connectivity index (χ1) is 8.15. The minimum atomic E-state index is -0.168. The van der Waals surface area contributed by atoms with Crippen LogP contribution in [0.4, 0.5) is 0 Å². The predicted octanol–water partition coefficient (Wildman–Crippen LogP) is 0.409. The van der Waals surface area contributed by atoms with E-state index in [4.69, 9.17) is 5.11 Å². The number of piperazine rings is 1. The van der Waals surface area contributed by atoms with Crippen LogP contribution in [0.5, 0.6) is 0 Å². The van der Waals surface area contributed by atoms with Gasteiger partial charge in [0.25, 0.3) is 0 Å². The summed E-state index contributed by atoms with van der Waals surface area (Å²) < 4.78 is -0.168. The molecule has 2 aliphatic rings. The van der Waals surface area contributed by atoms with Crippen LogP contribution in [-0.2, 0) is 4.79 Å². The van der Waals surface area contributed by atoms with Crippen LogP contribution >= 0.6 is 11.8 Å². The Hall–Kier alpha value is -0.260. The lowest BCUT2D eigenvalue weighted by molar-refractivity contribution is -0.135. The molecule has 4 nitrogen and oxygen atoms in total. The van der Waals surface area contributed by atoms with Crippen LogP contribution in [0.15, 0.2) is 0 Å². The van der Waals surface area contributed by atoms with Gasteiger partial charge >= 0.3 is 0 Å². The lowest BCUT2D eigenvalue weighted by Crippen LogP contribution is -2.53. The highest BCUT2D eigenvalue weighted by molar-refractivity contribution is 8.01. The molecule has 0 aliphatic carbocycles. The van der Waals surface area contributed by atoms with Crippen LogP contribution in [-0.4, -0.2) is 70.6 Å². The summed E-state index contributed by atoms with van der Waals surface area (Å²) in [6.45, 7) is 6.45. The number of hydrogen-bond donors (Lipinski definition) is 1. The molecule has 2 aliphatic heterocycles. The third kappa shape index (κ3) is 2.95. The van der Waals surface area contributed by atoms with Gasteiger partial charge in [-0.05, 0) is 25.5 Å². The minimum Gasteiger partial charge on any atom is -0.395 e. The Morgan fingerprint density at radius 2 is 2.06 bits per heavy atom. The van der Waals surface area contributed by atoms with Gasteiger partial charge < -0.3 is 10.0 Å². The molecule has 2 rings (SSSR count). The second-order valence-electron chi connectivity index (χ2n) is 5.04. The number of carbonyl (C=O) groups is 1. The van der Waals surface area contributed by atoms with Gasteiger partial charge in [-0.3, -0.25) is 9.69 Å². The quantitative estimate of drug-likeness (QED) is 0.796. The summed E-state index contributed by atoms with van der Waals surface area (Å²) in [6.07, 6.45) is 2.19. The Kier molecular flexibility index (Phi) is 4.33. The molecule has 0 radical (unpaired) electrons.